The van der Waals surface area contributed by atoms with Crippen LogP contribution >= 0.6 is 11.6 Å². The van der Waals surface area contributed by atoms with E-state index < -0.39 is 0 Å². The van der Waals surface area contributed by atoms with Gasteiger partial charge < -0.3 is 10.2 Å². The molecule has 1 aromatic heterocycles. The lowest BCUT2D eigenvalue weighted by Crippen LogP contribution is -2.27. The number of benzene rings is 1. The fourth-order valence-electron chi connectivity index (χ4n) is 2.77. The normalized spacial score (nSPS) is 13.8. The van der Waals surface area contributed by atoms with E-state index in [4.69, 9.17) is 11.6 Å². The first-order valence-corrected chi connectivity index (χ1v) is 8.24. The highest BCUT2D eigenvalue weighted by Crippen LogP contribution is 2.20. The lowest BCUT2D eigenvalue weighted by molar-refractivity contribution is 0.0792. The van der Waals surface area contributed by atoms with E-state index in [2.05, 4.69) is 10.3 Å². The van der Waals surface area contributed by atoms with Crippen LogP contribution in [0.25, 0.3) is 0 Å². The number of anilines is 1. The topological polar surface area (TPSA) is 62.3 Å². The third kappa shape index (κ3) is 3.57. The van der Waals surface area contributed by atoms with Crippen LogP contribution in [0.15, 0.2) is 36.7 Å². The Balaban J connectivity index is 1.75. The summed E-state index contributed by atoms with van der Waals surface area (Å²) in [7, 11) is 0. The summed E-state index contributed by atoms with van der Waals surface area (Å²) in [6.07, 6.45) is 5.06. The maximum Gasteiger partial charge on any atom is 0.257 e. The number of aromatic nitrogens is 1. The second-order valence-electron chi connectivity index (χ2n) is 5.87. The first-order chi connectivity index (χ1) is 11.5. The van der Waals surface area contributed by atoms with Crippen molar-refractivity contribution in [2.24, 2.45) is 0 Å². The van der Waals surface area contributed by atoms with Crippen LogP contribution in [0.1, 0.15) is 39.1 Å². The summed E-state index contributed by atoms with van der Waals surface area (Å²) >= 11 is 5.86. The Morgan fingerprint density at radius 1 is 1.12 bits per heavy atom. The van der Waals surface area contributed by atoms with Crippen molar-refractivity contribution in [3.05, 3.63) is 58.4 Å². The van der Waals surface area contributed by atoms with Crippen LogP contribution in [0.5, 0.6) is 0 Å². The number of halogens is 1. The number of likely N-dealkylation sites (tertiary alicyclic amines) is 1. The Morgan fingerprint density at radius 2 is 1.88 bits per heavy atom. The van der Waals surface area contributed by atoms with Crippen molar-refractivity contribution in [3.63, 3.8) is 0 Å². The van der Waals surface area contributed by atoms with Gasteiger partial charge in [0.05, 0.1) is 10.6 Å². The van der Waals surface area contributed by atoms with Gasteiger partial charge in [0.25, 0.3) is 11.8 Å². The molecule has 0 saturated carbocycles. The predicted molar refractivity (Wildman–Crippen MR) is 93.5 cm³/mol. The fourth-order valence-corrected chi connectivity index (χ4v) is 2.94. The maximum atomic E-state index is 12.4. The number of carbonyl (C=O) groups excluding carboxylic acids is 2. The van der Waals surface area contributed by atoms with E-state index in [0.717, 1.165) is 31.5 Å². The molecule has 1 aliphatic rings. The van der Waals surface area contributed by atoms with Crippen LogP contribution in [0.3, 0.4) is 0 Å². The highest BCUT2D eigenvalue weighted by Gasteiger charge is 2.20. The highest BCUT2D eigenvalue weighted by atomic mass is 35.5. The van der Waals surface area contributed by atoms with Crippen molar-refractivity contribution in [1.29, 1.82) is 0 Å². The number of rotatable bonds is 3. The minimum atomic E-state index is -0.285. The number of amides is 2. The van der Waals surface area contributed by atoms with Crippen molar-refractivity contribution < 1.29 is 9.59 Å². The van der Waals surface area contributed by atoms with Gasteiger partial charge in [0.1, 0.15) is 0 Å². The number of carbonyl (C=O) groups is 2. The zero-order chi connectivity index (χ0) is 17.1. The Kier molecular flexibility index (Phi) is 4.81. The standard InChI is InChI=1S/C18H18ClN3O2/c1-12-8-13(18(24)22-6-2-3-7-22)4-5-16(12)21-17(23)14-9-15(19)11-20-10-14/h4-5,8-11H,2-3,6-7H2,1H3,(H,21,23). The van der Waals surface area contributed by atoms with Gasteiger partial charge in [-0.2, -0.15) is 0 Å². The van der Waals surface area contributed by atoms with Gasteiger partial charge in [-0.1, -0.05) is 11.6 Å². The second-order valence-corrected chi connectivity index (χ2v) is 6.31. The number of hydrogen-bond donors (Lipinski definition) is 1. The average Bonchev–Trinajstić information content (AvgIpc) is 3.10. The Bertz CT molecular complexity index is 786. The van der Waals surface area contributed by atoms with Crippen molar-refractivity contribution in [1.82, 2.24) is 9.88 Å². The van der Waals surface area contributed by atoms with Crippen LogP contribution in [0.4, 0.5) is 5.69 Å². The molecule has 3 rings (SSSR count). The lowest BCUT2D eigenvalue weighted by atomic mass is 10.1. The van der Waals surface area contributed by atoms with Gasteiger partial charge in [0.2, 0.25) is 0 Å². The Morgan fingerprint density at radius 3 is 2.54 bits per heavy atom. The lowest BCUT2D eigenvalue weighted by Gasteiger charge is -2.16. The van der Waals surface area contributed by atoms with Crippen molar-refractivity contribution in [2.45, 2.75) is 19.8 Å². The second kappa shape index (κ2) is 7.01. The van der Waals surface area contributed by atoms with Gasteiger partial charge in [-0.3, -0.25) is 14.6 Å². The highest BCUT2D eigenvalue weighted by molar-refractivity contribution is 6.30. The van der Waals surface area contributed by atoms with E-state index in [1.165, 1.54) is 12.4 Å². The number of nitrogens with zero attached hydrogens (tertiary/aromatic N) is 2. The minimum Gasteiger partial charge on any atom is -0.339 e. The number of pyridine rings is 1. The minimum absolute atomic E-state index is 0.0486. The molecular formula is C18H18ClN3O2. The smallest absolute Gasteiger partial charge is 0.257 e. The van der Waals surface area contributed by atoms with E-state index >= 15 is 0 Å². The van der Waals surface area contributed by atoms with Crippen LogP contribution < -0.4 is 5.32 Å². The largest absolute Gasteiger partial charge is 0.339 e. The van der Waals surface area contributed by atoms with Crippen molar-refractivity contribution in [3.8, 4) is 0 Å². The molecule has 24 heavy (non-hydrogen) atoms. The van der Waals surface area contributed by atoms with Gasteiger partial charge in [-0.05, 0) is 49.6 Å². The maximum absolute atomic E-state index is 12.4. The predicted octanol–water partition coefficient (Wildman–Crippen LogP) is 3.53. The molecule has 2 aromatic rings. The van der Waals surface area contributed by atoms with Gasteiger partial charge in [-0.25, -0.2) is 0 Å². The molecule has 0 unspecified atom stereocenters. The van der Waals surface area contributed by atoms with Gasteiger partial charge in [0.15, 0.2) is 0 Å². The van der Waals surface area contributed by atoms with Crippen LogP contribution in [0, 0.1) is 6.92 Å². The van der Waals surface area contributed by atoms with E-state index in [-0.39, 0.29) is 11.8 Å². The molecule has 1 N–H and O–H groups in total. The van der Waals surface area contributed by atoms with Crippen molar-refractivity contribution >= 4 is 29.1 Å². The van der Waals surface area contributed by atoms with Crippen LogP contribution in [-0.2, 0) is 0 Å². The summed E-state index contributed by atoms with van der Waals surface area (Å²) in [5, 5.41) is 3.24. The summed E-state index contributed by atoms with van der Waals surface area (Å²) in [6, 6.07) is 6.88. The number of hydrogen-bond acceptors (Lipinski definition) is 3. The first-order valence-electron chi connectivity index (χ1n) is 7.86. The molecule has 0 radical (unpaired) electrons. The SMILES string of the molecule is Cc1cc(C(=O)N2CCCC2)ccc1NC(=O)c1cncc(Cl)c1. The molecule has 1 fully saturated rings. The van der Waals surface area contributed by atoms with E-state index in [1.54, 1.807) is 18.2 Å². The van der Waals surface area contributed by atoms with Gasteiger partial charge >= 0.3 is 0 Å². The molecule has 6 heteroatoms. The monoisotopic (exact) mass is 343 g/mol. The van der Waals surface area contributed by atoms with Crippen LogP contribution in [0.2, 0.25) is 5.02 Å². The quantitative estimate of drug-likeness (QED) is 0.927. The molecule has 1 saturated heterocycles. The summed E-state index contributed by atoms with van der Waals surface area (Å²) in [6.45, 7) is 3.50. The molecule has 5 nitrogen and oxygen atoms in total. The number of aryl methyl sites for hydroxylation is 1. The summed E-state index contributed by atoms with van der Waals surface area (Å²) in [5.74, 6) is -0.237. The Hall–Kier alpha value is -2.40. The molecule has 124 valence electrons. The van der Waals surface area contributed by atoms with Crippen molar-refractivity contribution in [2.75, 3.05) is 18.4 Å². The Labute approximate surface area is 145 Å². The zero-order valence-corrected chi connectivity index (χ0v) is 14.1. The molecule has 2 heterocycles. The summed E-state index contributed by atoms with van der Waals surface area (Å²) < 4.78 is 0. The van der Waals surface area contributed by atoms with E-state index in [9.17, 15) is 9.59 Å². The molecule has 0 aliphatic carbocycles. The van der Waals surface area contributed by atoms with Crippen LogP contribution in [-0.4, -0.2) is 34.8 Å². The fraction of sp³-hybridized carbons (Fsp3) is 0.278. The summed E-state index contributed by atoms with van der Waals surface area (Å²) in [5.41, 5.74) is 2.54. The van der Waals surface area contributed by atoms with E-state index in [1.807, 2.05) is 17.9 Å². The van der Waals surface area contributed by atoms with E-state index in [0.29, 0.717) is 21.8 Å². The number of nitrogens with one attached hydrogen (secondary N) is 1. The third-order valence-electron chi connectivity index (χ3n) is 4.08. The zero-order valence-electron chi connectivity index (χ0n) is 13.4. The molecule has 2 amide bonds. The molecule has 1 aliphatic heterocycles. The molecule has 0 bridgehead atoms. The molecule has 1 aromatic carbocycles. The summed E-state index contributed by atoms with van der Waals surface area (Å²) in [4.78, 5) is 30.4. The van der Waals surface area contributed by atoms with Gasteiger partial charge in [0, 0.05) is 36.7 Å². The molecular weight excluding hydrogens is 326 g/mol. The van der Waals surface area contributed by atoms with Gasteiger partial charge in [-0.15, -0.1) is 0 Å². The first kappa shape index (κ1) is 16.5. The average molecular weight is 344 g/mol. The molecule has 0 spiro atoms. The molecule has 0 atom stereocenters. The third-order valence-corrected chi connectivity index (χ3v) is 4.29.